The van der Waals surface area contributed by atoms with Gasteiger partial charge in [-0.2, -0.15) is 0 Å². The van der Waals surface area contributed by atoms with Crippen LogP contribution >= 0.6 is 0 Å². The van der Waals surface area contributed by atoms with Crippen molar-refractivity contribution in [1.29, 1.82) is 0 Å². The molecule has 1 atom stereocenters. The van der Waals surface area contributed by atoms with Gasteiger partial charge in [0, 0.05) is 19.3 Å². The normalized spacial score (nSPS) is 13.0. The minimum Gasteiger partial charge on any atom is -0.462 e. The third-order valence-corrected chi connectivity index (χ3v) is 13.9. The van der Waals surface area contributed by atoms with E-state index in [0.717, 1.165) is 103 Å². The van der Waals surface area contributed by atoms with Crippen molar-refractivity contribution in [3.63, 3.8) is 0 Å². The van der Waals surface area contributed by atoms with E-state index in [9.17, 15) is 14.4 Å². The van der Waals surface area contributed by atoms with E-state index in [1.54, 1.807) is 0 Å². The molecule has 0 aromatic carbocycles. The van der Waals surface area contributed by atoms with Crippen molar-refractivity contribution in [2.24, 2.45) is 0 Å². The number of esters is 3. The largest absolute Gasteiger partial charge is 0.462 e. The van der Waals surface area contributed by atoms with Gasteiger partial charge in [-0.1, -0.05) is 289 Å². The zero-order valence-electron chi connectivity index (χ0n) is 52.0. The molecule has 0 radical (unpaired) electrons. The Hall–Kier alpha value is -4.45. The fraction of sp³-hybridized carbons (Fsp3) is 0.662. The van der Waals surface area contributed by atoms with E-state index in [1.807, 2.05) is 6.08 Å². The van der Waals surface area contributed by atoms with Crippen molar-refractivity contribution >= 4 is 17.9 Å². The van der Waals surface area contributed by atoms with Gasteiger partial charge in [0.05, 0.1) is 0 Å². The van der Waals surface area contributed by atoms with Crippen LogP contribution in [0.3, 0.4) is 0 Å². The summed E-state index contributed by atoms with van der Waals surface area (Å²) in [5, 5.41) is 0. The maximum absolute atomic E-state index is 12.9. The summed E-state index contributed by atoms with van der Waals surface area (Å²) in [4.78, 5) is 38.3. The van der Waals surface area contributed by atoms with Gasteiger partial charge in [-0.05, 0) is 122 Å². The highest BCUT2D eigenvalue weighted by molar-refractivity contribution is 5.71. The lowest BCUT2D eigenvalue weighted by Crippen LogP contribution is -2.30. The Balaban J connectivity index is 4.30. The zero-order chi connectivity index (χ0) is 57.8. The molecular weight excluding hydrogens is 985 g/mol. The summed E-state index contributed by atoms with van der Waals surface area (Å²) < 4.78 is 16.8. The second kappa shape index (κ2) is 67.1. The molecule has 0 bridgehead atoms. The topological polar surface area (TPSA) is 78.9 Å². The minimum absolute atomic E-state index is 0.105. The summed E-state index contributed by atoms with van der Waals surface area (Å²) in [6.45, 7) is 6.35. The third kappa shape index (κ3) is 64.4. The molecule has 0 aliphatic carbocycles. The Morgan fingerprint density at radius 2 is 0.512 bits per heavy atom. The average molecular weight is 1110 g/mol. The van der Waals surface area contributed by atoms with Gasteiger partial charge in [0.25, 0.3) is 0 Å². The Morgan fingerprint density at radius 3 is 0.850 bits per heavy atom. The van der Waals surface area contributed by atoms with Gasteiger partial charge in [-0.15, -0.1) is 0 Å². The van der Waals surface area contributed by atoms with Crippen LogP contribution in [0.1, 0.15) is 297 Å². The summed E-state index contributed by atoms with van der Waals surface area (Å²) in [5.74, 6) is -0.991. The maximum atomic E-state index is 12.9. The highest BCUT2D eigenvalue weighted by atomic mass is 16.6. The molecule has 0 aliphatic heterocycles. The van der Waals surface area contributed by atoms with E-state index >= 15 is 0 Å². The molecule has 1 unspecified atom stereocenters. The number of rotatable bonds is 59. The molecule has 0 saturated heterocycles. The van der Waals surface area contributed by atoms with Gasteiger partial charge in [0.2, 0.25) is 0 Å². The van der Waals surface area contributed by atoms with E-state index in [2.05, 4.69) is 148 Å². The molecule has 0 N–H and O–H groups in total. The predicted octanol–water partition coefficient (Wildman–Crippen LogP) is 22.9. The smallest absolute Gasteiger partial charge is 0.306 e. The average Bonchev–Trinajstić information content (AvgIpc) is 3.46. The van der Waals surface area contributed by atoms with Crippen molar-refractivity contribution in [2.45, 2.75) is 303 Å². The molecular formula is C74H122O6. The monoisotopic (exact) mass is 1110 g/mol. The van der Waals surface area contributed by atoms with Crippen molar-refractivity contribution in [2.75, 3.05) is 13.2 Å². The molecule has 6 nitrogen and oxygen atoms in total. The van der Waals surface area contributed by atoms with Crippen LogP contribution in [0.15, 0.2) is 134 Å². The lowest BCUT2D eigenvalue weighted by Gasteiger charge is -2.18. The molecule has 0 heterocycles. The first-order chi connectivity index (χ1) is 39.5. The summed E-state index contributed by atoms with van der Waals surface area (Å²) in [6, 6.07) is 0. The second-order valence-electron chi connectivity index (χ2n) is 21.6. The maximum Gasteiger partial charge on any atom is 0.306 e. The van der Waals surface area contributed by atoms with Crippen LogP contribution in [0, 0.1) is 0 Å². The molecule has 0 spiro atoms. The van der Waals surface area contributed by atoms with Crippen molar-refractivity contribution in [1.82, 2.24) is 0 Å². The SMILES string of the molecule is CC/C=C\C/C=C\C/C=C\C/C=C\C/C=C\C/C=C\CCCCCCCCCCCCCCC(=O)OCC(COC(=O)CC/C=C\C/C=C\C/C=C\C/C=C\CC)OC(=O)CCCCCCCCC/C=C\CCCCCCCCC. The van der Waals surface area contributed by atoms with Gasteiger partial charge < -0.3 is 14.2 Å². The fourth-order valence-electron chi connectivity index (χ4n) is 8.99. The predicted molar refractivity (Wildman–Crippen MR) is 348 cm³/mol. The molecule has 0 aromatic rings. The number of carbonyl (C=O) groups excluding carboxylic acids is 3. The van der Waals surface area contributed by atoms with Gasteiger partial charge in [0.15, 0.2) is 6.10 Å². The first kappa shape index (κ1) is 75.5. The van der Waals surface area contributed by atoms with E-state index in [0.29, 0.717) is 19.3 Å². The number of allylic oxidation sites excluding steroid dienone is 22. The van der Waals surface area contributed by atoms with Crippen molar-refractivity contribution in [3.05, 3.63) is 134 Å². The molecule has 0 aliphatic rings. The molecule has 6 heteroatoms. The summed E-state index contributed by atoms with van der Waals surface area (Å²) >= 11 is 0. The Bertz CT molecular complexity index is 1700. The van der Waals surface area contributed by atoms with E-state index in [-0.39, 0.29) is 37.5 Å². The number of unbranched alkanes of at least 4 members (excludes halogenated alkanes) is 26. The van der Waals surface area contributed by atoms with Crippen LogP contribution in [0.2, 0.25) is 0 Å². The van der Waals surface area contributed by atoms with Crippen molar-refractivity contribution in [3.8, 4) is 0 Å². The summed E-state index contributed by atoms with van der Waals surface area (Å²) in [5.41, 5.74) is 0. The number of hydrogen-bond donors (Lipinski definition) is 0. The molecule has 80 heavy (non-hydrogen) atoms. The first-order valence-corrected chi connectivity index (χ1v) is 33.2. The van der Waals surface area contributed by atoms with E-state index in [1.165, 1.54) is 148 Å². The van der Waals surface area contributed by atoms with Crippen LogP contribution in [0.4, 0.5) is 0 Å². The van der Waals surface area contributed by atoms with E-state index in [4.69, 9.17) is 14.2 Å². The lowest BCUT2D eigenvalue weighted by molar-refractivity contribution is -0.166. The molecule has 0 rings (SSSR count). The quantitative estimate of drug-likeness (QED) is 0.0261. The van der Waals surface area contributed by atoms with Gasteiger partial charge in [-0.25, -0.2) is 0 Å². The highest BCUT2D eigenvalue weighted by Gasteiger charge is 2.19. The van der Waals surface area contributed by atoms with Crippen LogP contribution in [-0.2, 0) is 28.6 Å². The number of ether oxygens (including phenoxy) is 3. The van der Waals surface area contributed by atoms with Crippen LogP contribution in [0.25, 0.3) is 0 Å². The first-order valence-electron chi connectivity index (χ1n) is 33.2. The minimum atomic E-state index is -0.814. The zero-order valence-corrected chi connectivity index (χ0v) is 52.0. The molecule has 0 amide bonds. The standard InChI is InChI=1S/C74H122O6/c1-4-7-10-13-16-19-22-25-27-29-31-32-33-34-35-36-37-38-39-40-41-42-43-45-46-49-52-55-58-61-64-67-73(76)79-70-71(69-78-72(75)66-63-60-57-54-51-48-24-21-18-15-12-9-6-3)80-74(77)68-65-62-59-56-53-50-47-44-30-28-26-23-20-17-14-11-8-5-2/h7,9-10,12,16,18-19,21,25,27-28,30-32,34-35,37-38,48,51,57,60,71H,4-6,8,11,13-15,17,20,22-24,26,29,33,36,39-47,49-50,52-56,58-59,61-70H2,1-3H3/b10-7-,12-9-,19-16-,21-18-,27-25-,30-28-,32-31-,35-34-,38-37-,51-48-,60-57-. The Kier molecular flexibility index (Phi) is 63.3. The highest BCUT2D eigenvalue weighted by Crippen LogP contribution is 2.16. The molecule has 0 saturated carbocycles. The number of carbonyl (C=O) groups is 3. The number of hydrogen-bond acceptors (Lipinski definition) is 6. The lowest BCUT2D eigenvalue weighted by atomic mass is 10.0. The summed E-state index contributed by atoms with van der Waals surface area (Å²) in [6.07, 6.45) is 94.8. The van der Waals surface area contributed by atoms with Crippen LogP contribution in [0.5, 0.6) is 0 Å². The Labute approximate surface area is 494 Å². The summed E-state index contributed by atoms with van der Waals surface area (Å²) in [7, 11) is 0. The van der Waals surface area contributed by atoms with Gasteiger partial charge in [-0.3, -0.25) is 14.4 Å². The van der Waals surface area contributed by atoms with Gasteiger partial charge >= 0.3 is 17.9 Å². The van der Waals surface area contributed by atoms with Crippen molar-refractivity contribution < 1.29 is 28.6 Å². The third-order valence-electron chi connectivity index (χ3n) is 13.9. The molecule has 454 valence electrons. The molecule has 0 fully saturated rings. The van der Waals surface area contributed by atoms with Gasteiger partial charge in [0.1, 0.15) is 13.2 Å². The fourth-order valence-corrected chi connectivity index (χ4v) is 8.99. The van der Waals surface area contributed by atoms with E-state index < -0.39 is 6.10 Å². The second-order valence-corrected chi connectivity index (χ2v) is 21.6. The van der Waals surface area contributed by atoms with Crippen LogP contribution < -0.4 is 0 Å². The Morgan fingerprint density at radius 1 is 0.263 bits per heavy atom. The molecule has 0 aromatic heterocycles. The van der Waals surface area contributed by atoms with Crippen LogP contribution in [-0.4, -0.2) is 37.2 Å².